The van der Waals surface area contributed by atoms with Gasteiger partial charge in [-0.15, -0.1) is 0 Å². The number of aliphatic hydroxyl groups is 1. The van der Waals surface area contributed by atoms with Gasteiger partial charge in [0.05, 0.1) is 12.6 Å². The van der Waals surface area contributed by atoms with Gasteiger partial charge in [0.2, 0.25) is 0 Å². The molecule has 0 aliphatic carbocycles. The van der Waals surface area contributed by atoms with Gasteiger partial charge >= 0.3 is 0 Å². The molecule has 0 aliphatic rings. The fraction of sp³-hybridized carbons (Fsp3) is 0.500. The smallest absolute Gasteiger partial charge is 0.131 e. The zero-order chi connectivity index (χ0) is 12.8. The number of nitrogens with zero attached hydrogens (tertiary/aromatic N) is 1. The van der Waals surface area contributed by atoms with Crippen LogP contribution in [0.1, 0.15) is 11.6 Å². The Morgan fingerprint density at radius 1 is 1.29 bits per heavy atom. The first-order valence-electron chi connectivity index (χ1n) is 5.49. The molecular formula is C12H18F2N2O. The first-order valence-corrected chi connectivity index (χ1v) is 5.49. The number of benzene rings is 1. The Labute approximate surface area is 100 Å². The van der Waals surface area contributed by atoms with E-state index in [9.17, 15) is 13.9 Å². The van der Waals surface area contributed by atoms with Crippen LogP contribution in [0.15, 0.2) is 18.2 Å². The van der Waals surface area contributed by atoms with Gasteiger partial charge in [0.25, 0.3) is 0 Å². The number of halogens is 2. The van der Waals surface area contributed by atoms with Gasteiger partial charge in [-0.2, -0.15) is 0 Å². The van der Waals surface area contributed by atoms with E-state index in [0.717, 1.165) is 6.54 Å². The summed E-state index contributed by atoms with van der Waals surface area (Å²) in [5.74, 6) is -1.28. The summed E-state index contributed by atoms with van der Waals surface area (Å²) in [5.41, 5.74) is -0.103. The zero-order valence-electron chi connectivity index (χ0n) is 10.1. The maximum atomic E-state index is 13.5. The summed E-state index contributed by atoms with van der Waals surface area (Å²) in [4.78, 5) is 1.94. The molecule has 0 saturated heterocycles. The number of rotatable bonds is 6. The van der Waals surface area contributed by atoms with Crippen molar-refractivity contribution in [2.45, 2.75) is 6.04 Å². The molecule has 2 N–H and O–H groups in total. The summed E-state index contributed by atoms with van der Waals surface area (Å²) in [6.45, 7) is 0.934. The van der Waals surface area contributed by atoms with Crippen LogP contribution in [0.3, 0.4) is 0 Å². The SMILES string of the molecule is CN(C)CCNC(CO)c1c(F)cccc1F. The number of likely N-dealkylation sites (N-methyl/N-ethyl adjacent to an activating group) is 1. The van der Waals surface area contributed by atoms with Gasteiger partial charge in [-0.3, -0.25) is 0 Å². The molecule has 5 heteroatoms. The van der Waals surface area contributed by atoms with E-state index < -0.39 is 17.7 Å². The molecule has 0 amide bonds. The zero-order valence-corrected chi connectivity index (χ0v) is 10.1. The van der Waals surface area contributed by atoms with Crippen LogP contribution in [-0.4, -0.2) is 43.8 Å². The van der Waals surface area contributed by atoms with Crippen molar-refractivity contribution in [3.63, 3.8) is 0 Å². The molecule has 1 rings (SSSR count). The van der Waals surface area contributed by atoms with E-state index in [1.807, 2.05) is 19.0 Å². The van der Waals surface area contributed by atoms with Crippen molar-refractivity contribution < 1.29 is 13.9 Å². The molecule has 0 bridgehead atoms. The lowest BCUT2D eigenvalue weighted by Gasteiger charge is -2.19. The summed E-state index contributed by atoms with van der Waals surface area (Å²) >= 11 is 0. The number of hydrogen-bond donors (Lipinski definition) is 2. The van der Waals surface area contributed by atoms with Gasteiger partial charge in [0.1, 0.15) is 11.6 Å². The lowest BCUT2D eigenvalue weighted by molar-refractivity contribution is 0.234. The molecule has 0 heterocycles. The normalized spacial score (nSPS) is 13.1. The van der Waals surface area contributed by atoms with Gasteiger partial charge in [-0.25, -0.2) is 8.78 Å². The Morgan fingerprint density at radius 3 is 2.35 bits per heavy atom. The quantitative estimate of drug-likeness (QED) is 0.788. The monoisotopic (exact) mass is 244 g/mol. The van der Waals surface area contributed by atoms with Gasteiger partial charge in [-0.05, 0) is 26.2 Å². The molecule has 3 nitrogen and oxygen atoms in total. The molecule has 1 unspecified atom stereocenters. The molecule has 0 aromatic heterocycles. The van der Waals surface area contributed by atoms with Crippen LogP contribution in [0, 0.1) is 11.6 Å². The van der Waals surface area contributed by atoms with Crippen LogP contribution in [0.2, 0.25) is 0 Å². The Morgan fingerprint density at radius 2 is 1.88 bits per heavy atom. The predicted molar refractivity (Wildman–Crippen MR) is 62.7 cm³/mol. The lowest BCUT2D eigenvalue weighted by Crippen LogP contribution is -2.32. The second-order valence-electron chi connectivity index (χ2n) is 4.13. The summed E-state index contributed by atoms with van der Waals surface area (Å²) < 4.78 is 26.9. The minimum atomic E-state index is -0.712. The topological polar surface area (TPSA) is 35.5 Å². The Kier molecular flexibility index (Phi) is 5.47. The summed E-state index contributed by atoms with van der Waals surface area (Å²) in [6.07, 6.45) is 0. The van der Waals surface area contributed by atoms with Crippen molar-refractivity contribution in [2.75, 3.05) is 33.8 Å². The van der Waals surface area contributed by atoms with Crippen LogP contribution in [0.25, 0.3) is 0 Å². The van der Waals surface area contributed by atoms with Crippen molar-refractivity contribution in [2.24, 2.45) is 0 Å². The Bertz CT molecular complexity index is 338. The van der Waals surface area contributed by atoms with Crippen molar-refractivity contribution in [1.82, 2.24) is 10.2 Å². The summed E-state index contributed by atoms with van der Waals surface area (Å²) in [5, 5.41) is 12.1. The second kappa shape index (κ2) is 6.64. The molecular weight excluding hydrogens is 226 g/mol. The number of hydrogen-bond acceptors (Lipinski definition) is 3. The van der Waals surface area contributed by atoms with Gasteiger partial charge < -0.3 is 15.3 Å². The molecule has 0 radical (unpaired) electrons. The molecule has 96 valence electrons. The molecule has 1 aromatic carbocycles. The lowest BCUT2D eigenvalue weighted by atomic mass is 10.1. The van der Waals surface area contributed by atoms with Gasteiger partial charge in [-0.1, -0.05) is 6.07 Å². The molecule has 0 saturated carbocycles. The maximum Gasteiger partial charge on any atom is 0.131 e. The van der Waals surface area contributed by atoms with Crippen LogP contribution in [0.4, 0.5) is 8.78 Å². The highest BCUT2D eigenvalue weighted by molar-refractivity contribution is 5.23. The highest BCUT2D eigenvalue weighted by atomic mass is 19.1. The largest absolute Gasteiger partial charge is 0.394 e. The van der Waals surface area contributed by atoms with E-state index in [-0.39, 0.29) is 12.2 Å². The molecule has 17 heavy (non-hydrogen) atoms. The van der Waals surface area contributed by atoms with Crippen LogP contribution >= 0.6 is 0 Å². The Hall–Kier alpha value is -1.04. The van der Waals surface area contributed by atoms with E-state index in [2.05, 4.69) is 5.32 Å². The van der Waals surface area contributed by atoms with E-state index >= 15 is 0 Å². The third-order valence-corrected chi connectivity index (χ3v) is 2.48. The van der Waals surface area contributed by atoms with Crippen molar-refractivity contribution in [3.8, 4) is 0 Å². The molecule has 0 fully saturated rings. The van der Waals surface area contributed by atoms with E-state index in [4.69, 9.17) is 0 Å². The minimum absolute atomic E-state index is 0.103. The fourth-order valence-electron chi connectivity index (χ4n) is 1.56. The van der Waals surface area contributed by atoms with E-state index in [1.165, 1.54) is 18.2 Å². The van der Waals surface area contributed by atoms with Crippen LogP contribution in [-0.2, 0) is 0 Å². The van der Waals surface area contributed by atoms with Crippen LogP contribution in [0.5, 0.6) is 0 Å². The van der Waals surface area contributed by atoms with E-state index in [1.54, 1.807) is 0 Å². The predicted octanol–water partition coefficient (Wildman–Crippen LogP) is 1.15. The van der Waals surface area contributed by atoms with Gasteiger partial charge in [0, 0.05) is 18.7 Å². The fourth-order valence-corrected chi connectivity index (χ4v) is 1.56. The first-order chi connectivity index (χ1) is 8.06. The molecule has 0 spiro atoms. The highest BCUT2D eigenvalue weighted by Crippen LogP contribution is 2.20. The van der Waals surface area contributed by atoms with Crippen molar-refractivity contribution >= 4 is 0 Å². The number of aliphatic hydroxyl groups excluding tert-OH is 1. The van der Waals surface area contributed by atoms with Gasteiger partial charge in [0.15, 0.2) is 0 Å². The van der Waals surface area contributed by atoms with E-state index in [0.29, 0.717) is 6.54 Å². The molecule has 1 atom stereocenters. The minimum Gasteiger partial charge on any atom is -0.394 e. The van der Waals surface area contributed by atoms with Crippen LogP contribution < -0.4 is 5.32 Å². The average Bonchev–Trinajstić information content (AvgIpc) is 2.26. The average molecular weight is 244 g/mol. The summed E-state index contributed by atoms with van der Waals surface area (Å²) in [6, 6.07) is 2.97. The Balaban J connectivity index is 2.72. The van der Waals surface area contributed by atoms with Crippen molar-refractivity contribution in [1.29, 1.82) is 0 Å². The number of nitrogens with one attached hydrogen (secondary N) is 1. The first kappa shape index (κ1) is 14.0. The highest BCUT2D eigenvalue weighted by Gasteiger charge is 2.18. The molecule has 0 aliphatic heterocycles. The summed E-state index contributed by atoms with van der Waals surface area (Å²) in [7, 11) is 3.80. The molecule has 1 aromatic rings. The van der Waals surface area contributed by atoms with Crippen molar-refractivity contribution in [3.05, 3.63) is 35.4 Å². The maximum absolute atomic E-state index is 13.5. The second-order valence-corrected chi connectivity index (χ2v) is 4.13. The third kappa shape index (κ3) is 4.03. The standard InChI is InChI=1S/C12H18F2N2O/c1-16(2)7-6-15-11(8-17)12-9(13)4-3-5-10(12)14/h3-5,11,15,17H,6-8H2,1-2H3. The third-order valence-electron chi connectivity index (χ3n) is 2.48.